The van der Waals surface area contributed by atoms with E-state index in [1.54, 1.807) is 6.55 Å². The number of nitrogens with zero attached hydrogens (tertiary/aromatic N) is 4. The molecule has 1 atom stereocenters. The van der Waals surface area contributed by atoms with Gasteiger partial charge < -0.3 is 5.32 Å². The summed E-state index contributed by atoms with van der Waals surface area (Å²) in [6, 6.07) is 1.72. The molecule has 0 radical (unpaired) electrons. The summed E-state index contributed by atoms with van der Waals surface area (Å²) in [7, 11) is -2.94. The summed E-state index contributed by atoms with van der Waals surface area (Å²) >= 11 is 6.17. The Morgan fingerprint density at radius 3 is 2.28 bits per heavy atom. The van der Waals surface area contributed by atoms with Crippen LogP contribution in [0.3, 0.4) is 0 Å². The van der Waals surface area contributed by atoms with Crippen LogP contribution in [-0.2, 0) is 0 Å². The third-order valence-electron chi connectivity index (χ3n) is 5.94. The minimum atomic E-state index is -4.64. The number of fused-ring (bicyclic) bond motifs is 1. The standard InChI is InChI=1S/C19H18ClF6N5Si/c1-32(5-3-2-4-6-32)17(19(24,25)26)30-16-14(13-11(22)7-10(21)8-12(13)23)15(20)29-18-27-9-28-31(16)18/h7-9,17,30H,2-6H2,1H3. The fourth-order valence-corrected chi connectivity index (χ4v) is 8.87. The van der Waals surface area contributed by atoms with Gasteiger partial charge in [-0.2, -0.15) is 32.8 Å². The summed E-state index contributed by atoms with van der Waals surface area (Å²) in [6.45, 7) is 1.66. The first-order valence-corrected chi connectivity index (χ1v) is 13.3. The Morgan fingerprint density at radius 2 is 1.69 bits per heavy atom. The maximum atomic E-state index is 14.6. The molecule has 1 aromatic carbocycles. The Morgan fingerprint density at radius 1 is 1.06 bits per heavy atom. The largest absolute Gasteiger partial charge is 0.405 e. The number of aromatic nitrogens is 4. The molecule has 4 rings (SSSR count). The molecule has 0 spiro atoms. The van der Waals surface area contributed by atoms with E-state index in [4.69, 9.17) is 11.6 Å². The normalized spacial score (nSPS) is 17.5. The van der Waals surface area contributed by atoms with E-state index in [9.17, 15) is 26.3 Å². The SMILES string of the molecule is C[Si]1(C(Nc2c(-c3c(F)cc(F)cc3F)c(Cl)nc3ncnn23)C(F)(F)F)CCCCC1. The van der Waals surface area contributed by atoms with Crippen LogP contribution in [0.4, 0.5) is 32.2 Å². The summed E-state index contributed by atoms with van der Waals surface area (Å²) in [6.07, 6.45) is -1.38. The highest BCUT2D eigenvalue weighted by Gasteiger charge is 2.53. The van der Waals surface area contributed by atoms with Crippen molar-refractivity contribution in [1.82, 2.24) is 19.6 Å². The Bertz CT molecular complexity index is 1140. The fourth-order valence-electron chi connectivity index (χ4n) is 4.39. The number of rotatable bonds is 4. The lowest BCUT2D eigenvalue weighted by molar-refractivity contribution is -0.128. The lowest BCUT2D eigenvalue weighted by Crippen LogP contribution is -2.58. The minimum Gasteiger partial charge on any atom is -0.361 e. The molecule has 172 valence electrons. The van der Waals surface area contributed by atoms with E-state index in [1.807, 2.05) is 0 Å². The number of halogens is 7. The van der Waals surface area contributed by atoms with Crippen LogP contribution >= 0.6 is 11.6 Å². The van der Waals surface area contributed by atoms with Gasteiger partial charge in [-0.05, 0) is 0 Å². The molecule has 1 saturated heterocycles. The number of anilines is 1. The molecule has 0 bridgehead atoms. The van der Waals surface area contributed by atoms with Crippen LogP contribution in [0.2, 0.25) is 23.8 Å². The Kier molecular flexibility index (Phi) is 5.86. The van der Waals surface area contributed by atoms with Gasteiger partial charge in [0.25, 0.3) is 5.78 Å². The van der Waals surface area contributed by atoms with Gasteiger partial charge in [0.15, 0.2) is 0 Å². The van der Waals surface area contributed by atoms with Gasteiger partial charge in [-0.15, -0.1) is 0 Å². The highest BCUT2D eigenvalue weighted by atomic mass is 35.5. The van der Waals surface area contributed by atoms with E-state index < -0.39 is 59.5 Å². The van der Waals surface area contributed by atoms with Crippen molar-refractivity contribution in [2.24, 2.45) is 0 Å². The predicted octanol–water partition coefficient (Wildman–Crippen LogP) is 6.01. The number of hydrogen-bond acceptors (Lipinski definition) is 4. The topological polar surface area (TPSA) is 55.1 Å². The van der Waals surface area contributed by atoms with E-state index >= 15 is 0 Å². The lowest BCUT2D eigenvalue weighted by atomic mass is 10.1. The molecule has 1 fully saturated rings. The smallest absolute Gasteiger partial charge is 0.361 e. The quantitative estimate of drug-likeness (QED) is 0.275. The molecule has 3 aromatic rings. The van der Waals surface area contributed by atoms with E-state index in [1.165, 1.54) is 0 Å². The highest BCUT2D eigenvalue weighted by Crippen LogP contribution is 2.43. The Balaban J connectivity index is 1.95. The Hall–Kier alpha value is -2.34. The average molecular weight is 494 g/mol. The van der Waals surface area contributed by atoms with Crippen LogP contribution < -0.4 is 5.32 Å². The first kappa shape index (κ1) is 22.8. The molecule has 1 aliphatic heterocycles. The third kappa shape index (κ3) is 4.05. The van der Waals surface area contributed by atoms with Gasteiger partial charge in [-0.25, -0.2) is 13.2 Å². The van der Waals surface area contributed by atoms with E-state index in [-0.39, 0.29) is 5.78 Å². The number of alkyl halides is 3. The van der Waals surface area contributed by atoms with Crippen molar-refractivity contribution in [3.8, 4) is 11.1 Å². The third-order valence-corrected chi connectivity index (χ3v) is 11.1. The zero-order valence-corrected chi connectivity index (χ0v) is 18.5. The van der Waals surface area contributed by atoms with Crippen LogP contribution in [0.25, 0.3) is 16.9 Å². The molecule has 32 heavy (non-hydrogen) atoms. The van der Waals surface area contributed by atoms with Crippen molar-refractivity contribution in [2.75, 3.05) is 5.32 Å². The first-order chi connectivity index (χ1) is 15.0. The molecule has 1 unspecified atom stereocenters. The van der Waals surface area contributed by atoms with Gasteiger partial charge in [-0.3, -0.25) is 0 Å². The zero-order chi connectivity index (χ0) is 23.3. The molecule has 3 heterocycles. The van der Waals surface area contributed by atoms with Gasteiger partial charge in [-0.1, -0.05) is 49.5 Å². The summed E-state index contributed by atoms with van der Waals surface area (Å²) in [4.78, 5) is 7.73. The van der Waals surface area contributed by atoms with E-state index in [2.05, 4.69) is 20.4 Å². The first-order valence-electron chi connectivity index (χ1n) is 9.89. The van der Waals surface area contributed by atoms with Crippen LogP contribution in [0, 0.1) is 17.5 Å². The number of hydrogen-bond donors (Lipinski definition) is 1. The number of benzene rings is 1. The van der Waals surface area contributed by atoms with E-state index in [0.717, 1.165) is 17.3 Å². The molecule has 0 amide bonds. The fraction of sp³-hybridized carbons (Fsp3) is 0.421. The average Bonchev–Trinajstić information content (AvgIpc) is 3.14. The second-order valence-corrected chi connectivity index (χ2v) is 13.4. The van der Waals surface area contributed by atoms with Gasteiger partial charge in [0.1, 0.15) is 40.4 Å². The second kappa shape index (κ2) is 8.21. The highest BCUT2D eigenvalue weighted by molar-refractivity contribution is 6.81. The van der Waals surface area contributed by atoms with Crippen LogP contribution in [0.1, 0.15) is 19.3 Å². The molecule has 1 aliphatic rings. The molecule has 0 saturated carbocycles. The van der Waals surface area contributed by atoms with Gasteiger partial charge in [0.2, 0.25) is 0 Å². The van der Waals surface area contributed by atoms with Crippen molar-refractivity contribution < 1.29 is 26.3 Å². The van der Waals surface area contributed by atoms with Gasteiger partial charge >= 0.3 is 6.18 Å². The molecule has 0 aliphatic carbocycles. The second-order valence-electron chi connectivity index (χ2n) is 8.18. The van der Waals surface area contributed by atoms with Crippen LogP contribution in [0.5, 0.6) is 0 Å². The zero-order valence-electron chi connectivity index (χ0n) is 16.8. The summed E-state index contributed by atoms with van der Waals surface area (Å²) in [5, 5.41) is 5.87. The van der Waals surface area contributed by atoms with Crippen LogP contribution in [-0.4, -0.2) is 39.5 Å². The van der Waals surface area contributed by atoms with Crippen molar-refractivity contribution in [2.45, 2.75) is 49.7 Å². The van der Waals surface area contributed by atoms with Crippen molar-refractivity contribution in [3.05, 3.63) is 41.1 Å². The monoisotopic (exact) mass is 493 g/mol. The van der Waals surface area contributed by atoms with Crippen molar-refractivity contribution in [1.29, 1.82) is 0 Å². The molecule has 2 aromatic heterocycles. The summed E-state index contributed by atoms with van der Waals surface area (Å²) in [5.74, 6) is -4.40. The van der Waals surface area contributed by atoms with Gasteiger partial charge in [0, 0.05) is 12.1 Å². The summed E-state index contributed by atoms with van der Waals surface area (Å²) in [5.41, 5.74) is -3.23. The van der Waals surface area contributed by atoms with Gasteiger partial charge in [0.05, 0.1) is 19.2 Å². The molecular weight excluding hydrogens is 476 g/mol. The Labute approximate surface area is 184 Å². The predicted molar refractivity (Wildman–Crippen MR) is 110 cm³/mol. The molecule has 1 N–H and O–H groups in total. The minimum absolute atomic E-state index is 0.152. The van der Waals surface area contributed by atoms with Crippen molar-refractivity contribution in [3.63, 3.8) is 0 Å². The maximum absolute atomic E-state index is 14.6. The van der Waals surface area contributed by atoms with E-state index in [0.29, 0.717) is 37.1 Å². The lowest BCUT2D eigenvalue weighted by Gasteiger charge is -2.40. The number of nitrogens with one attached hydrogen (secondary N) is 1. The van der Waals surface area contributed by atoms with Crippen LogP contribution in [0.15, 0.2) is 18.5 Å². The van der Waals surface area contributed by atoms with Crippen molar-refractivity contribution >= 4 is 31.3 Å². The summed E-state index contributed by atoms with van der Waals surface area (Å²) < 4.78 is 86.5. The molecule has 5 nitrogen and oxygen atoms in total. The molecule has 13 heteroatoms. The molecular formula is C19H18ClF6N5Si. The maximum Gasteiger partial charge on any atom is 0.405 e.